The SMILES string of the molecule is COc1c(OC)c(OC)c2c(c1O)c(=O)c1cc([N+](=O)[O-])ccc1n2C. The quantitative estimate of drug-likeness (QED) is 0.431. The number of fused-ring (bicyclic) bond motifs is 2. The fourth-order valence-electron chi connectivity index (χ4n) is 3.12. The highest BCUT2D eigenvalue weighted by molar-refractivity contribution is 6.03. The van der Waals surface area contributed by atoms with Gasteiger partial charge in [-0.15, -0.1) is 0 Å². The number of ether oxygens (including phenoxy) is 3. The molecule has 0 aliphatic rings. The van der Waals surface area contributed by atoms with Crippen LogP contribution in [0.15, 0.2) is 23.0 Å². The number of aromatic hydroxyl groups is 1. The van der Waals surface area contributed by atoms with Gasteiger partial charge in [0.1, 0.15) is 5.52 Å². The van der Waals surface area contributed by atoms with E-state index in [1.54, 1.807) is 11.6 Å². The Balaban J connectivity index is 2.66. The highest BCUT2D eigenvalue weighted by Gasteiger charge is 2.27. The molecule has 0 aliphatic heterocycles. The molecule has 0 saturated carbocycles. The van der Waals surface area contributed by atoms with Crippen LogP contribution in [0, 0.1) is 10.1 Å². The van der Waals surface area contributed by atoms with Gasteiger partial charge in [-0.05, 0) is 6.07 Å². The normalized spacial score (nSPS) is 10.9. The molecule has 0 aliphatic carbocycles. The first-order chi connectivity index (χ1) is 12.4. The van der Waals surface area contributed by atoms with Crippen molar-refractivity contribution in [2.75, 3.05) is 21.3 Å². The van der Waals surface area contributed by atoms with E-state index in [0.29, 0.717) is 5.52 Å². The van der Waals surface area contributed by atoms with E-state index in [0.717, 1.165) is 0 Å². The van der Waals surface area contributed by atoms with E-state index in [4.69, 9.17) is 14.2 Å². The van der Waals surface area contributed by atoms with Gasteiger partial charge in [0.15, 0.2) is 11.5 Å². The van der Waals surface area contributed by atoms with Crippen molar-refractivity contribution in [3.05, 3.63) is 38.5 Å². The van der Waals surface area contributed by atoms with Crippen molar-refractivity contribution >= 4 is 27.5 Å². The average Bonchev–Trinajstić information content (AvgIpc) is 2.64. The van der Waals surface area contributed by atoms with Crippen molar-refractivity contribution in [3.63, 3.8) is 0 Å². The summed E-state index contributed by atoms with van der Waals surface area (Å²) in [5.74, 6) is -0.138. The van der Waals surface area contributed by atoms with E-state index in [1.165, 1.54) is 39.5 Å². The van der Waals surface area contributed by atoms with Gasteiger partial charge in [-0.3, -0.25) is 14.9 Å². The Morgan fingerprint density at radius 1 is 1.08 bits per heavy atom. The summed E-state index contributed by atoms with van der Waals surface area (Å²) in [5, 5.41) is 21.7. The van der Waals surface area contributed by atoms with E-state index >= 15 is 0 Å². The molecular weight excluding hydrogens is 344 g/mol. The zero-order chi connectivity index (χ0) is 19.2. The van der Waals surface area contributed by atoms with Crippen LogP contribution in [0.1, 0.15) is 0 Å². The van der Waals surface area contributed by atoms with Gasteiger partial charge in [0, 0.05) is 19.2 Å². The molecule has 136 valence electrons. The molecule has 0 radical (unpaired) electrons. The average molecular weight is 360 g/mol. The lowest BCUT2D eigenvalue weighted by Crippen LogP contribution is -2.12. The number of hydrogen-bond donors (Lipinski definition) is 1. The molecule has 0 atom stereocenters. The van der Waals surface area contributed by atoms with Crippen molar-refractivity contribution in [2.24, 2.45) is 7.05 Å². The molecule has 0 bridgehead atoms. The monoisotopic (exact) mass is 360 g/mol. The van der Waals surface area contributed by atoms with Gasteiger partial charge in [0.05, 0.1) is 42.5 Å². The molecule has 2 aromatic carbocycles. The molecule has 1 aromatic heterocycles. The van der Waals surface area contributed by atoms with Gasteiger partial charge in [0.25, 0.3) is 5.69 Å². The number of aromatic nitrogens is 1. The standard InChI is InChI=1S/C17H16N2O7/c1-18-10-6-5-8(19(22)23)7-9(10)13(20)11-12(18)15(24-2)17(26-4)16(25-3)14(11)21/h5-7,21H,1-4H3. The number of hydrogen-bond acceptors (Lipinski definition) is 7. The van der Waals surface area contributed by atoms with Crippen LogP contribution < -0.4 is 19.6 Å². The van der Waals surface area contributed by atoms with Crippen molar-refractivity contribution in [1.82, 2.24) is 4.57 Å². The first-order valence-corrected chi connectivity index (χ1v) is 7.49. The minimum atomic E-state index is -0.585. The van der Waals surface area contributed by atoms with Gasteiger partial charge in [-0.25, -0.2) is 0 Å². The highest BCUT2D eigenvalue weighted by atomic mass is 16.6. The second-order valence-electron chi connectivity index (χ2n) is 5.52. The van der Waals surface area contributed by atoms with Gasteiger partial charge >= 0.3 is 0 Å². The number of phenolic OH excluding ortho intramolecular Hbond substituents is 1. The number of benzene rings is 2. The molecule has 26 heavy (non-hydrogen) atoms. The Kier molecular flexibility index (Phi) is 4.07. The van der Waals surface area contributed by atoms with Crippen LogP contribution in [0.3, 0.4) is 0 Å². The number of nitrogens with zero attached hydrogens (tertiary/aromatic N) is 2. The Bertz CT molecular complexity index is 1120. The molecule has 0 spiro atoms. The summed E-state index contributed by atoms with van der Waals surface area (Å²) in [6.45, 7) is 0. The van der Waals surface area contributed by atoms with Gasteiger partial charge in [-0.2, -0.15) is 0 Å². The first kappa shape index (κ1) is 17.3. The number of methoxy groups -OCH3 is 3. The van der Waals surface area contributed by atoms with E-state index in [9.17, 15) is 20.0 Å². The third-order valence-corrected chi connectivity index (χ3v) is 4.29. The lowest BCUT2D eigenvalue weighted by atomic mass is 10.1. The topological polar surface area (TPSA) is 113 Å². The third-order valence-electron chi connectivity index (χ3n) is 4.29. The maximum absolute atomic E-state index is 13.0. The van der Waals surface area contributed by atoms with Crippen molar-refractivity contribution < 1.29 is 24.2 Å². The van der Waals surface area contributed by atoms with Crippen molar-refractivity contribution in [3.8, 4) is 23.0 Å². The zero-order valence-electron chi connectivity index (χ0n) is 14.5. The minimum absolute atomic E-state index is 0.0567. The zero-order valence-corrected chi connectivity index (χ0v) is 14.5. The molecule has 9 nitrogen and oxygen atoms in total. The van der Waals surface area contributed by atoms with Crippen LogP contribution in [0.5, 0.6) is 23.0 Å². The van der Waals surface area contributed by atoms with Gasteiger partial charge < -0.3 is 23.9 Å². The third kappa shape index (κ3) is 2.20. The number of nitro benzene ring substituents is 1. The number of rotatable bonds is 4. The summed E-state index contributed by atoms with van der Waals surface area (Å²) in [6.07, 6.45) is 0. The highest BCUT2D eigenvalue weighted by Crippen LogP contribution is 2.49. The van der Waals surface area contributed by atoms with Gasteiger partial charge in [-0.1, -0.05) is 0 Å². The molecule has 1 N–H and O–H groups in total. The van der Waals surface area contributed by atoms with E-state index in [1.807, 2.05) is 0 Å². The lowest BCUT2D eigenvalue weighted by Gasteiger charge is -2.19. The molecule has 0 saturated heterocycles. The number of pyridine rings is 1. The number of aryl methyl sites for hydroxylation is 1. The second kappa shape index (κ2) is 6.10. The van der Waals surface area contributed by atoms with Crippen molar-refractivity contribution in [2.45, 2.75) is 0 Å². The van der Waals surface area contributed by atoms with Crippen LogP contribution in [-0.2, 0) is 7.05 Å². The molecule has 0 amide bonds. The molecular formula is C17H16N2O7. The van der Waals surface area contributed by atoms with Crippen LogP contribution in [0.2, 0.25) is 0 Å². The number of non-ortho nitro benzene ring substituents is 1. The molecule has 0 fully saturated rings. The fourth-order valence-corrected chi connectivity index (χ4v) is 3.12. The summed E-state index contributed by atoms with van der Waals surface area (Å²) in [4.78, 5) is 23.5. The number of phenols is 1. The molecule has 9 heteroatoms. The molecule has 0 unspecified atom stereocenters. The Morgan fingerprint density at radius 3 is 2.23 bits per heavy atom. The maximum atomic E-state index is 13.0. The second-order valence-corrected chi connectivity index (χ2v) is 5.52. The Hall–Kier alpha value is -3.49. The first-order valence-electron chi connectivity index (χ1n) is 7.49. The van der Waals surface area contributed by atoms with Crippen molar-refractivity contribution in [1.29, 1.82) is 0 Å². The molecule has 3 aromatic rings. The lowest BCUT2D eigenvalue weighted by molar-refractivity contribution is -0.384. The number of nitro groups is 1. The minimum Gasteiger partial charge on any atom is -0.504 e. The Morgan fingerprint density at radius 2 is 1.69 bits per heavy atom. The van der Waals surface area contributed by atoms with E-state index < -0.39 is 16.1 Å². The maximum Gasteiger partial charge on any atom is 0.270 e. The van der Waals surface area contributed by atoms with E-state index in [-0.39, 0.29) is 39.2 Å². The molecule has 1 heterocycles. The summed E-state index contributed by atoms with van der Waals surface area (Å²) < 4.78 is 17.5. The van der Waals surface area contributed by atoms with Crippen LogP contribution in [0.25, 0.3) is 21.8 Å². The van der Waals surface area contributed by atoms with Crippen LogP contribution in [0.4, 0.5) is 5.69 Å². The summed E-state index contributed by atoms with van der Waals surface area (Å²) in [5.41, 5.74) is -0.0681. The van der Waals surface area contributed by atoms with Crippen LogP contribution >= 0.6 is 0 Å². The van der Waals surface area contributed by atoms with Gasteiger partial charge in [0.2, 0.25) is 16.9 Å². The van der Waals surface area contributed by atoms with Crippen LogP contribution in [-0.4, -0.2) is 35.9 Å². The largest absolute Gasteiger partial charge is 0.504 e. The summed E-state index contributed by atoms with van der Waals surface area (Å²) in [7, 11) is 5.76. The van der Waals surface area contributed by atoms with E-state index in [2.05, 4.69) is 0 Å². The predicted octanol–water partition coefficient (Wildman–Crippen LogP) is 2.33. The predicted molar refractivity (Wildman–Crippen MR) is 94.7 cm³/mol. The fraction of sp³-hybridized carbons (Fsp3) is 0.235. The summed E-state index contributed by atoms with van der Waals surface area (Å²) >= 11 is 0. The molecule has 3 rings (SSSR count). The Labute approximate surface area is 147 Å². The smallest absolute Gasteiger partial charge is 0.270 e. The summed E-state index contributed by atoms with van der Waals surface area (Å²) in [6, 6.07) is 3.96.